The Kier molecular flexibility index (Phi) is 7.34. The highest BCUT2D eigenvalue weighted by molar-refractivity contribution is 7.54. The minimum absolute atomic E-state index is 0.397. The van der Waals surface area contributed by atoms with Crippen molar-refractivity contribution >= 4 is 44.1 Å². The molecule has 8 heteroatoms. The molecule has 4 nitrogen and oxygen atoms in total. The fourth-order valence-electron chi connectivity index (χ4n) is 1.66. The van der Waals surface area contributed by atoms with Crippen LogP contribution in [0.15, 0.2) is 30.3 Å². The molecule has 0 spiro atoms. The van der Waals surface area contributed by atoms with Crippen LogP contribution in [0.1, 0.15) is 5.56 Å². The molecule has 1 rings (SSSR count). The molecule has 0 saturated heterocycles. The lowest BCUT2D eigenvalue weighted by atomic mass is 10.2. The molecule has 0 heterocycles. The number of benzene rings is 1. The van der Waals surface area contributed by atoms with E-state index in [2.05, 4.69) is 0 Å². The van der Waals surface area contributed by atoms with E-state index in [1.807, 2.05) is 19.6 Å². The lowest BCUT2D eigenvalue weighted by Gasteiger charge is -2.28. The van der Waals surface area contributed by atoms with Crippen LogP contribution in [0.4, 0.5) is 0 Å². The second-order valence-corrected chi connectivity index (χ2v) is 13.2. The van der Waals surface area contributed by atoms with E-state index in [-0.39, 0.29) is 0 Å². The van der Waals surface area contributed by atoms with Gasteiger partial charge in [-0.1, -0.05) is 35.3 Å². The molecule has 0 aliphatic heterocycles. The van der Waals surface area contributed by atoms with Crippen molar-refractivity contribution in [3.8, 4) is 0 Å². The van der Waals surface area contributed by atoms with Crippen LogP contribution >= 0.6 is 30.8 Å². The van der Waals surface area contributed by atoms with Crippen LogP contribution in [0, 0.1) is 0 Å². The average molecular weight is 383 g/mol. The zero-order chi connectivity index (χ0) is 17.0. The molecule has 0 radical (unpaired) electrons. The highest BCUT2D eigenvalue weighted by Gasteiger charge is 2.37. The maximum Gasteiger partial charge on any atom is 0.361 e. The summed E-state index contributed by atoms with van der Waals surface area (Å²) in [7, 11) is -2.79. The zero-order valence-electron chi connectivity index (χ0n) is 13.3. The molecule has 0 fully saturated rings. The van der Waals surface area contributed by atoms with Crippen LogP contribution in [0.2, 0.25) is 24.7 Å². The Balaban J connectivity index is 3.18. The first-order valence-electron chi connectivity index (χ1n) is 6.63. The Labute approximate surface area is 143 Å². The van der Waals surface area contributed by atoms with E-state index in [9.17, 15) is 4.57 Å². The second kappa shape index (κ2) is 8.11. The van der Waals surface area contributed by atoms with Crippen molar-refractivity contribution in [2.75, 3.05) is 14.2 Å². The Morgan fingerprint density at radius 1 is 1.18 bits per heavy atom. The molecule has 0 aliphatic carbocycles. The smallest absolute Gasteiger partial charge is 0.361 e. The van der Waals surface area contributed by atoms with Gasteiger partial charge in [0.15, 0.2) is 14.2 Å². The number of rotatable bonds is 7. The third-order valence-corrected chi connectivity index (χ3v) is 6.36. The van der Waals surface area contributed by atoms with Crippen LogP contribution in [-0.2, 0) is 18.0 Å². The molecule has 0 amide bonds. The third-order valence-electron chi connectivity index (χ3n) is 2.70. The summed E-state index contributed by atoms with van der Waals surface area (Å²) in [5.41, 5.74) is 0.744. The van der Waals surface area contributed by atoms with Crippen LogP contribution < -0.4 is 0 Å². The van der Waals surface area contributed by atoms with Crippen molar-refractivity contribution in [3.05, 3.63) is 40.9 Å². The van der Waals surface area contributed by atoms with E-state index < -0.39 is 21.8 Å². The number of hydrogen-bond donors (Lipinski definition) is 0. The zero-order valence-corrected chi connectivity index (χ0v) is 16.7. The predicted molar refractivity (Wildman–Crippen MR) is 95.1 cm³/mol. The summed E-state index contributed by atoms with van der Waals surface area (Å²) < 4.78 is 28.7. The van der Waals surface area contributed by atoms with Gasteiger partial charge < -0.3 is 13.5 Å². The van der Waals surface area contributed by atoms with Crippen molar-refractivity contribution in [1.82, 2.24) is 0 Å². The van der Waals surface area contributed by atoms with Crippen molar-refractivity contribution < 1.29 is 18.0 Å². The van der Waals surface area contributed by atoms with Gasteiger partial charge in [0, 0.05) is 24.3 Å². The Morgan fingerprint density at radius 3 is 2.09 bits per heavy atom. The maximum absolute atomic E-state index is 12.7. The van der Waals surface area contributed by atoms with Gasteiger partial charge >= 0.3 is 7.60 Å². The van der Waals surface area contributed by atoms with Gasteiger partial charge in [0.05, 0.1) is 0 Å². The topological polar surface area (TPSA) is 44.8 Å². The molecule has 1 unspecified atom stereocenters. The van der Waals surface area contributed by atoms with E-state index >= 15 is 0 Å². The Morgan fingerprint density at radius 2 is 1.68 bits per heavy atom. The van der Waals surface area contributed by atoms with Crippen molar-refractivity contribution in [2.45, 2.75) is 25.5 Å². The third kappa shape index (κ3) is 5.82. The molecule has 0 aliphatic rings. The van der Waals surface area contributed by atoms with Gasteiger partial charge in [-0.25, -0.2) is 0 Å². The summed E-state index contributed by atoms with van der Waals surface area (Å²) >= 11 is 12.2. The van der Waals surface area contributed by atoms with Crippen molar-refractivity contribution in [1.29, 1.82) is 0 Å². The van der Waals surface area contributed by atoms with Gasteiger partial charge in [0.25, 0.3) is 0 Å². The van der Waals surface area contributed by atoms with Gasteiger partial charge in [-0.2, -0.15) is 0 Å². The minimum atomic E-state index is -3.45. The maximum atomic E-state index is 12.7. The molecule has 1 aromatic carbocycles. The summed E-state index contributed by atoms with van der Waals surface area (Å²) in [5, 5.41) is 1.01. The molecule has 0 saturated carbocycles. The SMILES string of the molecule is COP(=O)(OC)C(/C=C(\Cl)c1ccc(Cl)cc1)O[Si](C)(C)C. The monoisotopic (exact) mass is 382 g/mol. The van der Waals surface area contributed by atoms with Crippen LogP contribution in [-0.4, -0.2) is 28.4 Å². The molecule has 0 N–H and O–H groups in total. The van der Waals surface area contributed by atoms with Gasteiger partial charge in [-0.15, -0.1) is 0 Å². The predicted octanol–water partition coefficient (Wildman–Crippen LogP) is 5.58. The molecular formula is C14H21Cl2O4PSi. The largest absolute Gasteiger partial charge is 0.401 e. The average Bonchev–Trinajstić information content (AvgIpc) is 2.45. The highest BCUT2D eigenvalue weighted by atomic mass is 35.5. The molecular weight excluding hydrogens is 362 g/mol. The van der Waals surface area contributed by atoms with Gasteiger partial charge in [-0.05, 0) is 43.4 Å². The molecule has 124 valence electrons. The summed E-state index contributed by atoms with van der Waals surface area (Å²) in [6.07, 6.45) is 1.57. The molecule has 1 aromatic rings. The van der Waals surface area contributed by atoms with Crippen molar-refractivity contribution in [3.63, 3.8) is 0 Å². The molecule has 0 bridgehead atoms. The summed E-state index contributed by atoms with van der Waals surface area (Å²) in [4.78, 5) is 0. The van der Waals surface area contributed by atoms with Crippen molar-refractivity contribution in [2.24, 2.45) is 0 Å². The summed E-state index contributed by atoms with van der Waals surface area (Å²) in [6.45, 7) is 5.96. The van der Waals surface area contributed by atoms with Gasteiger partial charge in [-0.3, -0.25) is 4.57 Å². The molecule has 0 aromatic heterocycles. The highest BCUT2D eigenvalue weighted by Crippen LogP contribution is 2.54. The number of halogens is 2. The second-order valence-electron chi connectivity index (χ2n) is 5.55. The van der Waals surface area contributed by atoms with Crippen LogP contribution in [0.25, 0.3) is 5.03 Å². The Bertz CT molecular complexity index is 561. The normalized spacial score (nSPS) is 15.0. The van der Waals surface area contributed by atoms with E-state index in [1.165, 1.54) is 14.2 Å². The standard InChI is InChI=1S/C14H21Cl2O4PSi/c1-18-21(17,19-2)14(20-22(3,4)5)10-13(16)11-6-8-12(15)9-7-11/h6-10,14H,1-5H3/b13-10-. The van der Waals surface area contributed by atoms with E-state index in [0.29, 0.717) is 10.1 Å². The summed E-state index contributed by atoms with van der Waals surface area (Å²) in [6, 6.07) is 7.01. The molecule has 1 atom stereocenters. The lowest BCUT2D eigenvalue weighted by molar-refractivity contribution is 0.210. The lowest BCUT2D eigenvalue weighted by Crippen LogP contribution is -2.31. The fraction of sp³-hybridized carbons (Fsp3) is 0.429. The first kappa shape index (κ1) is 19.9. The van der Waals surface area contributed by atoms with E-state index in [1.54, 1.807) is 30.3 Å². The molecule has 22 heavy (non-hydrogen) atoms. The fourth-order valence-corrected chi connectivity index (χ4v) is 5.27. The van der Waals surface area contributed by atoms with E-state index in [0.717, 1.165) is 5.56 Å². The van der Waals surface area contributed by atoms with Gasteiger partial charge in [0.2, 0.25) is 0 Å². The van der Waals surface area contributed by atoms with Gasteiger partial charge in [0.1, 0.15) is 0 Å². The minimum Gasteiger partial charge on any atom is -0.401 e. The van der Waals surface area contributed by atoms with Crippen LogP contribution in [0.3, 0.4) is 0 Å². The Hall–Kier alpha value is -0.133. The summed E-state index contributed by atoms with van der Waals surface area (Å²) in [5.74, 6) is -0.864. The van der Waals surface area contributed by atoms with Crippen LogP contribution in [0.5, 0.6) is 0 Å². The first-order chi connectivity index (χ1) is 10.1. The first-order valence-corrected chi connectivity index (χ1v) is 12.4. The number of hydrogen-bond acceptors (Lipinski definition) is 4. The quantitative estimate of drug-likeness (QED) is 0.455. The van der Waals surface area contributed by atoms with E-state index in [4.69, 9.17) is 36.7 Å².